The number of nitrogens with one attached hydrogen (secondary N) is 2. The molecule has 0 spiro atoms. The Hall–Kier alpha value is -2.33. The smallest absolute Gasteiger partial charge is 0.351 e. The predicted molar refractivity (Wildman–Crippen MR) is 94.3 cm³/mol. The van der Waals surface area contributed by atoms with Crippen molar-refractivity contribution in [1.29, 1.82) is 5.26 Å². The summed E-state index contributed by atoms with van der Waals surface area (Å²) in [7, 11) is 0. The largest absolute Gasteiger partial charge is 0.461 e. The highest BCUT2D eigenvalue weighted by Gasteiger charge is 2.26. The molecule has 2 N–H and O–H groups in total. The number of carbonyl (C=O) groups excluding carboxylic acids is 1. The van der Waals surface area contributed by atoms with E-state index in [2.05, 4.69) is 20.5 Å². The van der Waals surface area contributed by atoms with Crippen LogP contribution in [0.5, 0.6) is 0 Å². The van der Waals surface area contributed by atoms with E-state index < -0.39 is 5.97 Å². The Morgan fingerprint density at radius 3 is 2.80 bits per heavy atom. The van der Waals surface area contributed by atoms with Crippen LogP contribution in [-0.4, -0.2) is 50.0 Å². The zero-order valence-corrected chi connectivity index (χ0v) is 14.5. The zero-order valence-electron chi connectivity index (χ0n) is 14.5. The van der Waals surface area contributed by atoms with E-state index in [4.69, 9.17) is 4.74 Å². The topological polar surface area (TPSA) is 89.8 Å². The van der Waals surface area contributed by atoms with E-state index in [1.807, 2.05) is 6.07 Å². The van der Waals surface area contributed by atoms with Crippen LogP contribution in [0.1, 0.15) is 32.1 Å². The molecule has 2 heterocycles. The number of esters is 1. The van der Waals surface area contributed by atoms with E-state index in [0.29, 0.717) is 18.2 Å². The van der Waals surface area contributed by atoms with E-state index in [0.717, 1.165) is 44.7 Å². The van der Waals surface area contributed by atoms with Crippen LogP contribution in [-0.2, 0) is 9.53 Å². The molecule has 0 atom stereocenters. The normalized spacial score (nSPS) is 23.3. The molecular formula is C18H25N5O2. The van der Waals surface area contributed by atoms with Gasteiger partial charge in [-0.2, -0.15) is 5.26 Å². The third kappa shape index (κ3) is 4.40. The van der Waals surface area contributed by atoms with Gasteiger partial charge in [-0.05, 0) is 18.8 Å². The first kappa shape index (κ1) is 17.5. The van der Waals surface area contributed by atoms with Gasteiger partial charge in [0.05, 0.1) is 30.5 Å². The number of carbonyl (C=O) groups is 1. The number of nitrogens with zero attached hydrogens (tertiary/aromatic N) is 3. The fourth-order valence-corrected chi connectivity index (χ4v) is 3.52. The second kappa shape index (κ2) is 8.67. The lowest BCUT2D eigenvalue weighted by Crippen LogP contribution is -2.44. The van der Waals surface area contributed by atoms with Crippen LogP contribution < -0.4 is 10.6 Å². The highest BCUT2D eigenvalue weighted by atomic mass is 16.5. The van der Waals surface area contributed by atoms with Crippen LogP contribution in [0.25, 0.3) is 0 Å². The number of rotatable bonds is 4. The van der Waals surface area contributed by atoms with Crippen molar-refractivity contribution in [2.75, 3.05) is 32.8 Å². The number of piperazine rings is 1. The van der Waals surface area contributed by atoms with Crippen molar-refractivity contribution in [3.8, 4) is 6.07 Å². The van der Waals surface area contributed by atoms with Crippen molar-refractivity contribution in [2.24, 2.45) is 10.9 Å². The van der Waals surface area contributed by atoms with Gasteiger partial charge in [0.25, 0.3) is 0 Å². The highest BCUT2D eigenvalue weighted by Crippen LogP contribution is 2.25. The number of hydrogen-bond donors (Lipinski definition) is 2. The minimum absolute atomic E-state index is 0.0201. The van der Waals surface area contributed by atoms with Crippen LogP contribution >= 0.6 is 0 Å². The van der Waals surface area contributed by atoms with Crippen LogP contribution in [0.4, 0.5) is 0 Å². The maximum Gasteiger partial charge on any atom is 0.351 e. The molecule has 0 radical (unpaired) electrons. The third-order valence-corrected chi connectivity index (χ3v) is 4.93. The third-order valence-electron chi connectivity index (χ3n) is 4.93. The van der Waals surface area contributed by atoms with Gasteiger partial charge in [-0.3, -0.25) is 0 Å². The quantitative estimate of drug-likeness (QED) is 0.454. The maximum absolute atomic E-state index is 12.5. The Morgan fingerprint density at radius 2 is 2.08 bits per heavy atom. The molecule has 2 fully saturated rings. The van der Waals surface area contributed by atoms with Crippen molar-refractivity contribution in [3.05, 3.63) is 23.2 Å². The van der Waals surface area contributed by atoms with Crippen LogP contribution in [0, 0.1) is 17.2 Å². The maximum atomic E-state index is 12.5. The summed E-state index contributed by atoms with van der Waals surface area (Å²) in [5, 5.41) is 15.8. The number of ether oxygens (including phenoxy) is 1. The van der Waals surface area contributed by atoms with Crippen molar-refractivity contribution in [2.45, 2.75) is 32.1 Å². The number of aliphatic imine (C=N–C) groups is 1. The molecule has 7 nitrogen and oxygen atoms in total. The molecular weight excluding hydrogens is 318 g/mol. The molecule has 0 aromatic heterocycles. The van der Waals surface area contributed by atoms with Crippen molar-refractivity contribution in [1.82, 2.24) is 15.5 Å². The SMILES string of the molecule is N#C/C(C(=O)OCC1CCCCC1)=C1/NC=NC=C1N1CCNCC1. The summed E-state index contributed by atoms with van der Waals surface area (Å²) >= 11 is 0. The Kier molecular flexibility index (Phi) is 6.07. The zero-order chi connectivity index (χ0) is 17.5. The Bertz CT molecular complexity index is 620. The summed E-state index contributed by atoms with van der Waals surface area (Å²) in [6.45, 7) is 3.74. The number of nitriles is 1. The molecule has 2 aliphatic heterocycles. The molecule has 0 unspecified atom stereocenters. The first-order valence-corrected chi connectivity index (χ1v) is 9.05. The van der Waals surface area contributed by atoms with Crippen LogP contribution in [0.2, 0.25) is 0 Å². The molecule has 3 aliphatic rings. The molecule has 0 bridgehead atoms. The van der Waals surface area contributed by atoms with Gasteiger partial charge >= 0.3 is 5.97 Å². The number of hydrogen-bond acceptors (Lipinski definition) is 7. The van der Waals surface area contributed by atoms with Crippen molar-refractivity contribution < 1.29 is 9.53 Å². The van der Waals surface area contributed by atoms with Gasteiger partial charge in [-0.15, -0.1) is 0 Å². The fourth-order valence-electron chi connectivity index (χ4n) is 3.52. The average Bonchev–Trinajstić information content (AvgIpc) is 2.69. The molecule has 1 saturated heterocycles. The van der Waals surface area contributed by atoms with E-state index in [-0.39, 0.29) is 5.57 Å². The monoisotopic (exact) mass is 343 g/mol. The summed E-state index contributed by atoms with van der Waals surface area (Å²) in [5.41, 5.74) is 1.29. The summed E-state index contributed by atoms with van der Waals surface area (Å²) in [6.07, 6.45) is 9.05. The molecule has 0 aromatic carbocycles. The minimum atomic E-state index is -0.549. The van der Waals surface area contributed by atoms with Gasteiger partial charge in [0.1, 0.15) is 6.07 Å². The fraction of sp³-hybridized carbons (Fsp3) is 0.611. The summed E-state index contributed by atoms with van der Waals surface area (Å²) in [5.74, 6) is -0.126. The highest BCUT2D eigenvalue weighted by molar-refractivity contribution is 5.95. The standard InChI is InChI=1S/C18H25N5O2/c19-10-15(18(24)25-12-14-4-2-1-3-5-14)17-16(11-21-13-22-17)23-8-6-20-7-9-23/h11,13-14,20H,1-9,12H2,(H,21,22)/b17-15-. The van der Waals surface area contributed by atoms with Gasteiger partial charge in [0.2, 0.25) is 0 Å². The molecule has 1 aliphatic carbocycles. The first-order valence-electron chi connectivity index (χ1n) is 9.05. The van der Waals surface area contributed by atoms with Crippen LogP contribution in [0.3, 0.4) is 0 Å². The summed E-state index contributed by atoms with van der Waals surface area (Å²) in [6, 6.07) is 2.03. The molecule has 7 heteroatoms. The lowest BCUT2D eigenvalue weighted by Gasteiger charge is -2.33. The van der Waals surface area contributed by atoms with E-state index >= 15 is 0 Å². The van der Waals surface area contributed by atoms with Gasteiger partial charge in [0, 0.05) is 26.2 Å². The van der Waals surface area contributed by atoms with E-state index in [1.165, 1.54) is 25.6 Å². The van der Waals surface area contributed by atoms with E-state index in [9.17, 15) is 10.1 Å². The summed E-state index contributed by atoms with van der Waals surface area (Å²) in [4.78, 5) is 18.7. The molecule has 0 aromatic rings. The van der Waals surface area contributed by atoms with Crippen LogP contribution in [0.15, 0.2) is 28.2 Å². The van der Waals surface area contributed by atoms with Gasteiger partial charge in [-0.1, -0.05) is 19.3 Å². The lowest BCUT2D eigenvalue weighted by molar-refractivity contribution is -0.140. The molecule has 0 amide bonds. The predicted octanol–water partition coefficient (Wildman–Crippen LogP) is 1.27. The Balaban J connectivity index is 1.71. The molecule has 25 heavy (non-hydrogen) atoms. The van der Waals surface area contributed by atoms with Gasteiger partial charge in [-0.25, -0.2) is 9.79 Å². The average molecular weight is 343 g/mol. The Labute approximate surface area is 148 Å². The minimum Gasteiger partial charge on any atom is -0.461 e. The molecule has 134 valence electrons. The van der Waals surface area contributed by atoms with Gasteiger partial charge in [0.15, 0.2) is 5.57 Å². The van der Waals surface area contributed by atoms with Crippen molar-refractivity contribution >= 4 is 12.3 Å². The summed E-state index contributed by atoms with van der Waals surface area (Å²) < 4.78 is 5.46. The Morgan fingerprint density at radius 1 is 1.32 bits per heavy atom. The molecule has 1 saturated carbocycles. The first-order chi connectivity index (χ1) is 12.3. The second-order valence-electron chi connectivity index (χ2n) is 6.64. The van der Waals surface area contributed by atoms with Gasteiger partial charge < -0.3 is 20.3 Å². The van der Waals surface area contributed by atoms with Crippen molar-refractivity contribution in [3.63, 3.8) is 0 Å². The molecule has 3 rings (SSSR count). The second-order valence-corrected chi connectivity index (χ2v) is 6.64. The van der Waals surface area contributed by atoms with E-state index in [1.54, 1.807) is 6.20 Å². The lowest BCUT2D eigenvalue weighted by atomic mass is 9.90.